The largest absolute Gasteiger partial charge is 0.496 e. The lowest BCUT2D eigenvalue weighted by Gasteiger charge is -2.23. The van der Waals surface area contributed by atoms with E-state index in [1.165, 1.54) is 0 Å². The van der Waals surface area contributed by atoms with Gasteiger partial charge in [0.2, 0.25) is 0 Å². The third kappa shape index (κ3) is 3.65. The van der Waals surface area contributed by atoms with Gasteiger partial charge in [-0.1, -0.05) is 11.6 Å². The number of hydrogen-bond acceptors (Lipinski definition) is 4. The van der Waals surface area contributed by atoms with Crippen LogP contribution in [-0.2, 0) is 16.3 Å². The highest BCUT2D eigenvalue weighted by Gasteiger charge is 2.33. The maximum absolute atomic E-state index is 11.6. The molecule has 1 heterocycles. The molecule has 1 aliphatic heterocycles. The van der Waals surface area contributed by atoms with E-state index in [9.17, 15) is 8.42 Å². The Morgan fingerprint density at radius 1 is 1.50 bits per heavy atom. The molecular weight excluding hydrogens is 298 g/mol. The number of sulfone groups is 1. The van der Waals surface area contributed by atoms with Crippen LogP contribution in [-0.4, -0.2) is 40.1 Å². The summed E-state index contributed by atoms with van der Waals surface area (Å²) in [5.41, 5.74) is 1.00. The molecule has 2 atom stereocenters. The molecule has 4 nitrogen and oxygen atoms in total. The predicted octanol–water partition coefficient (Wildman–Crippen LogP) is 1.91. The van der Waals surface area contributed by atoms with Gasteiger partial charge in [0.15, 0.2) is 9.84 Å². The number of methoxy groups -OCH3 is 1. The van der Waals surface area contributed by atoms with Crippen LogP contribution in [0.2, 0.25) is 5.02 Å². The van der Waals surface area contributed by atoms with Gasteiger partial charge in [-0.25, -0.2) is 8.42 Å². The zero-order valence-corrected chi connectivity index (χ0v) is 13.3. The lowest BCUT2D eigenvalue weighted by Crippen LogP contribution is -2.36. The second kappa shape index (κ2) is 6.33. The Morgan fingerprint density at radius 2 is 2.25 bits per heavy atom. The maximum atomic E-state index is 11.6. The van der Waals surface area contributed by atoms with E-state index in [0.717, 1.165) is 17.7 Å². The van der Waals surface area contributed by atoms with Crippen molar-refractivity contribution in [2.24, 2.45) is 5.92 Å². The van der Waals surface area contributed by atoms with E-state index in [4.69, 9.17) is 16.3 Å². The van der Waals surface area contributed by atoms with Crippen molar-refractivity contribution in [3.05, 3.63) is 28.8 Å². The summed E-state index contributed by atoms with van der Waals surface area (Å²) in [6, 6.07) is 5.63. The van der Waals surface area contributed by atoms with Gasteiger partial charge >= 0.3 is 0 Å². The van der Waals surface area contributed by atoms with Crippen LogP contribution in [0.15, 0.2) is 18.2 Å². The van der Waals surface area contributed by atoms with Gasteiger partial charge in [-0.05, 0) is 49.6 Å². The van der Waals surface area contributed by atoms with Crippen molar-refractivity contribution in [2.45, 2.75) is 18.9 Å². The molecule has 2 unspecified atom stereocenters. The zero-order valence-electron chi connectivity index (χ0n) is 11.7. The summed E-state index contributed by atoms with van der Waals surface area (Å²) in [6.07, 6.45) is 1.43. The molecule has 1 aromatic rings. The number of ether oxygens (including phenoxy) is 1. The summed E-state index contributed by atoms with van der Waals surface area (Å²) in [7, 11) is 0.630. The lowest BCUT2D eigenvalue weighted by molar-refractivity contribution is 0.382. The molecule has 20 heavy (non-hydrogen) atoms. The topological polar surface area (TPSA) is 55.4 Å². The molecule has 0 aromatic heterocycles. The Kier molecular flexibility index (Phi) is 4.94. The molecule has 6 heteroatoms. The fourth-order valence-electron chi connectivity index (χ4n) is 2.79. The van der Waals surface area contributed by atoms with Crippen molar-refractivity contribution in [1.82, 2.24) is 5.32 Å². The van der Waals surface area contributed by atoms with Crippen LogP contribution in [0.25, 0.3) is 0 Å². The quantitative estimate of drug-likeness (QED) is 0.901. The Hall–Kier alpha value is -0.780. The molecule has 1 saturated heterocycles. The van der Waals surface area contributed by atoms with Crippen LogP contribution in [0.3, 0.4) is 0 Å². The van der Waals surface area contributed by atoms with Crippen LogP contribution in [0.5, 0.6) is 5.75 Å². The molecule has 1 aromatic carbocycles. The van der Waals surface area contributed by atoms with Gasteiger partial charge in [0.25, 0.3) is 0 Å². The minimum Gasteiger partial charge on any atom is -0.496 e. The summed E-state index contributed by atoms with van der Waals surface area (Å²) < 4.78 is 28.6. The molecule has 1 fully saturated rings. The van der Waals surface area contributed by atoms with Gasteiger partial charge in [0, 0.05) is 11.1 Å². The molecule has 112 valence electrons. The van der Waals surface area contributed by atoms with Crippen LogP contribution >= 0.6 is 11.6 Å². The van der Waals surface area contributed by atoms with E-state index in [1.54, 1.807) is 13.2 Å². The Morgan fingerprint density at radius 3 is 2.80 bits per heavy atom. The monoisotopic (exact) mass is 317 g/mol. The molecule has 0 bridgehead atoms. The van der Waals surface area contributed by atoms with E-state index >= 15 is 0 Å². The first-order chi connectivity index (χ1) is 9.45. The summed E-state index contributed by atoms with van der Waals surface area (Å²) in [6.45, 7) is 0. The molecule has 0 saturated carbocycles. The van der Waals surface area contributed by atoms with E-state index in [0.29, 0.717) is 17.2 Å². The van der Waals surface area contributed by atoms with Gasteiger partial charge in [0.05, 0.1) is 18.6 Å². The Bertz CT molecular complexity index is 574. The highest BCUT2D eigenvalue weighted by molar-refractivity contribution is 7.91. The van der Waals surface area contributed by atoms with Gasteiger partial charge in [-0.3, -0.25) is 0 Å². The summed E-state index contributed by atoms with van der Waals surface area (Å²) in [4.78, 5) is 0. The standard InChI is InChI=1S/C14H20ClNO3S/c1-16-13(10-5-6-20(17,18)9-10)8-11-7-12(15)3-4-14(11)19-2/h3-4,7,10,13,16H,5-6,8-9H2,1-2H3. The normalized spacial score (nSPS) is 22.6. The first kappa shape index (κ1) is 15.6. The van der Waals surface area contributed by atoms with E-state index in [2.05, 4.69) is 5.32 Å². The van der Waals surface area contributed by atoms with Crippen molar-refractivity contribution in [3.63, 3.8) is 0 Å². The zero-order chi connectivity index (χ0) is 14.8. The van der Waals surface area contributed by atoms with Crippen molar-refractivity contribution in [1.29, 1.82) is 0 Å². The fourth-order valence-corrected chi connectivity index (χ4v) is 4.86. The van der Waals surface area contributed by atoms with Crippen LogP contribution in [0.4, 0.5) is 0 Å². The molecule has 2 rings (SSSR count). The van der Waals surface area contributed by atoms with E-state index < -0.39 is 9.84 Å². The number of halogens is 1. The summed E-state index contributed by atoms with van der Waals surface area (Å²) in [5, 5.41) is 3.90. The second-order valence-corrected chi connectivity index (χ2v) is 7.88. The number of nitrogens with one attached hydrogen (secondary N) is 1. The third-order valence-corrected chi connectivity index (χ3v) is 5.92. The van der Waals surface area contributed by atoms with Crippen molar-refractivity contribution in [3.8, 4) is 5.75 Å². The molecule has 0 spiro atoms. The number of benzene rings is 1. The second-order valence-electron chi connectivity index (χ2n) is 5.22. The first-order valence-electron chi connectivity index (χ1n) is 6.65. The molecule has 0 aliphatic carbocycles. The molecule has 1 aliphatic rings. The maximum Gasteiger partial charge on any atom is 0.150 e. The highest BCUT2D eigenvalue weighted by Crippen LogP contribution is 2.28. The van der Waals surface area contributed by atoms with Gasteiger partial charge < -0.3 is 10.1 Å². The Balaban J connectivity index is 2.16. The van der Waals surface area contributed by atoms with Crippen molar-refractivity contribution in [2.75, 3.05) is 25.7 Å². The van der Waals surface area contributed by atoms with Crippen molar-refractivity contribution < 1.29 is 13.2 Å². The summed E-state index contributed by atoms with van der Waals surface area (Å²) in [5.74, 6) is 1.49. The fraction of sp³-hybridized carbons (Fsp3) is 0.571. The number of rotatable bonds is 5. The van der Waals surface area contributed by atoms with Crippen LogP contribution < -0.4 is 10.1 Å². The third-order valence-electron chi connectivity index (χ3n) is 3.89. The van der Waals surface area contributed by atoms with E-state index in [-0.39, 0.29) is 17.7 Å². The molecular formula is C14H20ClNO3S. The van der Waals surface area contributed by atoms with E-state index in [1.807, 2.05) is 19.2 Å². The number of hydrogen-bond donors (Lipinski definition) is 1. The minimum absolute atomic E-state index is 0.111. The minimum atomic E-state index is -2.86. The van der Waals surface area contributed by atoms with Gasteiger partial charge in [0.1, 0.15) is 5.75 Å². The molecule has 0 radical (unpaired) electrons. The molecule has 1 N–H and O–H groups in total. The molecule has 0 amide bonds. The van der Waals surface area contributed by atoms with Crippen LogP contribution in [0.1, 0.15) is 12.0 Å². The summed E-state index contributed by atoms with van der Waals surface area (Å²) >= 11 is 6.03. The first-order valence-corrected chi connectivity index (χ1v) is 8.85. The number of likely N-dealkylation sites (N-methyl/N-ethyl adjacent to an activating group) is 1. The van der Waals surface area contributed by atoms with Gasteiger partial charge in [-0.15, -0.1) is 0 Å². The lowest BCUT2D eigenvalue weighted by atomic mass is 9.93. The average molecular weight is 318 g/mol. The van der Waals surface area contributed by atoms with Crippen molar-refractivity contribution >= 4 is 21.4 Å². The Labute approximate surface area is 125 Å². The van der Waals surface area contributed by atoms with Crippen LogP contribution in [0, 0.1) is 5.92 Å². The SMILES string of the molecule is CNC(Cc1cc(Cl)ccc1OC)C1CCS(=O)(=O)C1. The predicted molar refractivity (Wildman–Crippen MR) is 81.3 cm³/mol. The highest BCUT2D eigenvalue weighted by atomic mass is 35.5. The smallest absolute Gasteiger partial charge is 0.150 e. The van der Waals surface area contributed by atoms with Gasteiger partial charge in [-0.2, -0.15) is 0 Å². The average Bonchev–Trinajstić information content (AvgIpc) is 2.76.